The molecule has 33 heavy (non-hydrogen) atoms. The molecular formula is C25H34FN5O2. The van der Waals surface area contributed by atoms with Crippen molar-refractivity contribution in [3.8, 4) is 0 Å². The fourth-order valence-corrected chi connectivity index (χ4v) is 5.20. The Morgan fingerprint density at radius 3 is 2.64 bits per heavy atom. The summed E-state index contributed by atoms with van der Waals surface area (Å²) in [7, 11) is 3.68. The van der Waals surface area contributed by atoms with E-state index in [1.807, 2.05) is 21.7 Å². The summed E-state index contributed by atoms with van der Waals surface area (Å²) in [6.07, 6.45) is 7.88. The molecule has 2 aromatic rings. The second kappa shape index (κ2) is 10.0. The third-order valence-electron chi connectivity index (χ3n) is 7.33. The fourth-order valence-electron chi connectivity index (χ4n) is 5.20. The van der Waals surface area contributed by atoms with Crippen LogP contribution in [0.1, 0.15) is 54.1 Å². The molecule has 1 unspecified atom stereocenters. The van der Waals surface area contributed by atoms with E-state index in [-0.39, 0.29) is 23.7 Å². The van der Waals surface area contributed by atoms with Gasteiger partial charge in [-0.15, -0.1) is 0 Å². The van der Waals surface area contributed by atoms with Crippen molar-refractivity contribution in [2.75, 3.05) is 40.3 Å². The van der Waals surface area contributed by atoms with E-state index in [1.54, 1.807) is 25.5 Å². The lowest BCUT2D eigenvalue weighted by Gasteiger charge is -2.42. The number of piperidine rings is 1. The first-order valence-electron chi connectivity index (χ1n) is 11.9. The quantitative estimate of drug-likeness (QED) is 0.753. The Balaban J connectivity index is 1.49. The maximum atomic E-state index is 14.5. The van der Waals surface area contributed by atoms with E-state index in [2.05, 4.69) is 22.4 Å². The van der Waals surface area contributed by atoms with Gasteiger partial charge in [-0.2, -0.15) is 5.10 Å². The van der Waals surface area contributed by atoms with Crippen LogP contribution in [0.15, 0.2) is 36.7 Å². The summed E-state index contributed by atoms with van der Waals surface area (Å²) in [5, 5.41) is 7.03. The summed E-state index contributed by atoms with van der Waals surface area (Å²) < 4.78 is 16.4. The molecule has 3 heterocycles. The number of likely N-dealkylation sites (tertiary alicyclic amines) is 2. The van der Waals surface area contributed by atoms with E-state index in [9.17, 15) is 14.0 Å². The van der Waals surface area contributed by atoms with Crippen LogP contribution in [-0.2, 0) is 11.2 Å². The van der Waals surface area contributed by atoms with E-state index in [0.29, 0.717) is 30.6 Å². The highest BCUT2D eigenvalue weighted by atomic mass is 19.1. The Labute approximate surface area is 194 Å². The second-order valence-corrected chi connectivity index (χ2v) is 9.52. The number of carbonyl (C=O) groups is 2. The second-order valence-electron chi connectivity index (χ2n) is 9.52. The molecule has 2 saturated heterocycles. The van der Waals surface area contributed by atoms with Crippen molar-refractivity contribution < 1.29 is 14.0 Å². The number of nitrogens with one attached hydrogen (secondary N) is 1. The van der Waals surface area contributed by atoms with Crippen molar-refractivity contribution in [2.24, 2.45) is 5.41 Å². The fraction of sp³-hybridized carbons (Fsp3) is 0.560. The minimum atomic E-state index is -0.563. The lowest BCUT2D eigenvalue weighted by Crippen LogP contribution is -2.51. The van der Waals surface area contributed by atoms with Crippen LogP contribution in [0, 0.1) is 11.2 Å². The summed E-state index contributed by atoms with van der Waals surface area (Å²) in [4.78, 5) is 30.1. The van der Waals surface area contributed by atoms with Crippen molar-refractivity contribution in [2.45, 2.75) is 44.6 Å². The minimum absolute atomic E-state index is 0.149. The molecule has 1 N–H and O–H groups in total. The maximum absolute atomic E-state index is 14.5. The van der Waals surface area contributed by atoms with E-state index in [4.69, 9.17) is 0 Å². The lowest BCUT2D eigenvalue weighted by molar-refractivity contribution is -0.145. The highest BCUT2D eigenvalue weighted by Crippen LogP contribution is 2.38. The highest BCUT2D eigenvalue weighted by Gasteiger charge is 2.44. The Morgan fingerprint density at radius 1 is 1.15 bits per heavy atom. The number of rotatable bonds is 5. The average molecular weight is 456 g/mol. The first kappa shape index (κ1) is 23.4. The van der Waals surface area contributed by atoms with Crippen LogP contribution in [0.25, 0.3) is 0 Å². The van der Waals surface area contributed by atoms with Gasteiger partial charge >= 0.3 is 0 Å². The first-order valence-corrected chi connectivity index (χ1v) is 11.9. The van der Waals surface area contributed by atoms with Gasteiger partial charge in [0.15, 0.2) is 0 Å². The third kappa shape index (κ3) is 5.11. The zero-order valence-corrected chi connectivity index (χ0v) is 19.6. The molecule has 1 atom stereocenters. The van der Waals surface area contributed by atoms with Crippen molar-refractivity contribution in [3.05, 3.63) is 53.6 Å². The van der Waals surface area contributed by atoms with Crippen LogP contribution < -0.4 is 5.32 Å². The molecule has 178 valence electrons. The zero-order chi connectivity index (χ0) is 23.4. The van der Waals surface area contributed by atoms with E-state index in [1.165, 1.54) is 6.07 Å². The molecule has 0 radical (unpaired) electrons. The molecule has 0 saturated carbocycles. The molecule has 0 bridgehead atoms. The number of benzene rings is 1. The normalized spacial score (nSPS) is 21.4. The number of halogens is 1. The van der Waals surface area contributed by atoms with Gasteiger partial charge in [-0.05, 0) is 70.3 Å². The van der Waals surface area contributed by atoms with Gasteiger partial charge in [-0.3, -0.25) is 14.3 Å². The van der Waals surface area contributed by atoms with Gasteiger partial charge in [-0.1, -0.05) is 18.2 Å². The molecule has 2 fully saturated rings. The number of hydrogen-bond donors (Lipinski definition) is 1. The average Bonchev–Trinajstić information content (AvgIpc) is 3.19. The molecule has 8 heteroatoms. The van der Waals surface area contributed by atoms with Crippen LogP contribution >= 0.6 is 0 Å². The van der Waals surface area contributed by atoms with Gasteiger partial charge in [0.1, 0.15) is 5.82 Å². The summed E-state index contributed by atoms with van der Waals surface area (Å²) in [6, 6.07) is 6.99. The smallest absolute Gasteiger partial charge is 0.254 e. The largest absolute Gasteiger partial charge is 0.355 e. The molecule has 1 aromatic heterocycles. The molecule has 2 amide bonds. The number of carbonyl (C=O) groups excluding carboxylic acids is 2. The zero-order valence-electron chi connectivity index (χ0n) is 19.6. The molecule has 2 aliphatic heterocycles. The molecular weight excluding hydrogens is 421 g/mol. The van der Waals surface area contributed by atoms with Gasteiger partial charge in [-0.25, -0.2) is 4.39 Å². The summed E-state index contributed by atoms with van der Waals surface area (Å²) >= 11 is 0. The van der Waals surface area contributed by atoms with Crippen molar-refractivity contribution in [1.29, 1.82) is 0 Å². The maximum Gasteiger partial charge on any atom is 0.254 e. The summed E-state index contributed by atoms with van der Waals surface area (Å²) in [6.45, 7) is 3.03. The van der Waals surface area contributed by atoms with E-state index in [0.717, 1.165) is 45.2 Å². The van der Waals surface area contributed by atoms with Gasteiger partial charge in [0, 0.05) is 26.3 Å². The molecule has 0 aliphatic carbocycles. The van der Waals surface area contributed by atoms with Gasteiger partial charge in [0.2, 0.25) is 5.91 Å². The van der Waals surface area contributed by atoms with Crippen LogP contribution in [0.3, 0.4) is 0 Å². The number of amides is 2. The predicted molar refractivity (Wildman–Crippen MR) is 124 cm³/mol. The van der Waals surface area contributed by atoms with Crippen molar-refractivity contribution in [1.82, 2.24) is 24.9 Å². The minimum Gasteiger partial charge on any atom is -0.355 e. The SMILES string of the molecule is CNC(=O)c1cnn(C2CCCN(C(=O)C3(Cc4ccccc4F)CCN(C)CC3)CC2)c1. The Hall–Kier alpha value is -2.74. The molecule has 4 rings (SSSR count). The summed E-state index contributed by atoms with van der Waals surface area (Å²) in [5.41, 5.74) is 0.610. The van der Waals surface area contributed by atoms with E-state index < -0.39 is 5.41 Å². The Bertz CT molecular complexity index is 983. The van der Waals surface area contributed by atoms with Crippen LogP contribution in [0.2, 0.25) is 0 Å². The number of aromatic nitrogens is 2. The first-order chi connectivity index (χ1) is 15.9. The Morgan fingerprint density at radius 2 is 1.91 bits per heavy atom. The van der Waals surface area contributed by atoms with Crippen LogP contribution in [0.4, 0.5) is 4.39 Å². The van der Waals surface area contributed by atoms with Crippen molar-refractivity contribution in [3.63, 3.8) is 0 Å². The van der Waals surface area contributed by atoms with Crippen LogP contribution in [0.5, 0.6) is 0 Å². The van der Waals surface area contributed by atoms with Crippen LogP contribution in [-0.4, -0.2) is 71.7 Å². The number of nitrogens with zero attached hydrogens (tertiary/aromatic N) is 4. The third-order valence-corrected chi connectivity index (χ3v) is 7.33. The molecule has 0 spiro atoms. The monoisotopic (exact) mass is 455 g/mol. The lowest BCUT2D eigenvalue weighted by atomic mass is 9.72. The summed E-state index contributed by atoms with van der Waals surface area (Å²) in [5.74, 6) is -0.222. The molecule has 7 nitrogen and oxygen atoms in total. The van der Waals surface area contributed by atoms with E-state index >= 15 is 0 Å². The Kier molecular flexibility index (Phi) is 7.12. The van der Waals surface area contributed by atoms with Gasteiger partial charge in [0.25, 0.3) is 5.91 Å². The standard InChI is InChI=1S/C25H34FN5O2/c1-27-23(32)20-17-28-31(18-20)21-7-5-12-30(13-9-21)24(33)25(10-14-29(2)15-11-25)16-19-6-3-4-8-22(19)26/h3-4,6,8,17-18,21H,5,7,9-16H2,1-2H3,(H,27,32). The topological polar surface area (TPSA) is 70.5 Å². The highest BCUT2D eigenvalue weighted by molar-refractivity contribution is 5.93. The molecule has 2 aliphatic rings. The van der Waals surface area contributed by atoms with Crippen molar-refractivity contribution >= 4 is 11.8 Å². The van der Waals surface area contributed by atoms with Gasteiger partial charge < -0.3 is 15.1 Å². The predicted octanol–water partition coefficient (Wildman–Crippen LogP) is 2.89. The number of hydrogen-bond acceptors (Lipinski definition) is 4. The van der Waals surface area contributed by atoms with Gasteiger partial charge in [0.05, 0.1) is 23.2 Å². The molecule has 1 aromatic carbocycles.